The molecule has 126 valence electrons. The summed E-state index contributed by atoms with van der Waals surface area (Å²) in [5.41, 5.74) is 1.33. The van der Waals surface area contributed by atoms with Crippen LogP contribution in [-0.2, 0) is 0 Å². The van der Waals surface area contributed by atoms with E-state index in [-0.39, 0.29) is 23.4 Å². The van der Waals surface area contributed by atoms with Crippen LogP contribution in [0.25, 0.3) is 0 Å². The van der Waals surface area contributed by atoms with E-state index in [9.17, 15) is 10.1 Å². The minimum Gasteiger partial charge on any atom is -0.361 e. The molecular weight excluding hydrogens is 330 g/mol. The van der Waals surface area contributed by atoms with Crippen LogP contribution in [0.3, 0.4) is 0 Å². The molecule has 1 aliphatic rings. The molecule has 1 aromatic heterocycles. The quantitative estimate of drug-likeness (QED) is 0.613. The van der Waals surface area contributed by atoms with Crippen molar-refractivity contribution in [1.82, 2.24) is 9.97 Å². The van der Waals surface area contributed by atoms with Gasteiger partial charge in [-0.25, -0.2) is 9.97 Å². The molecule has 0 saturated heterocycles. The lowest BCUT2D eigenvalue weighted by Crippen LogP contribution is -2.17. The summed E-state index contributed by atoms with van der Waals surface area (Å²) in [5.74, 6) is 0.407. The average molecular weight is 348 g/mol. The maximum Gasteiger partial charge on any atom is 0.353 e. The molecule has 0 radical (unpaired) electrons. The van der Waals surface area contributed by atoms with Crippen LogP contribution in [0.15, 0.2) is 24.5 Å². The smallest absolute Gasteiger partial charge is 0.353 e. The zero-order chi connectivity index (χ0) is 17.1. The summed E-state index contributed by atoms with van der Waals surface area (Å²) in [6.45, 7) is 1.84. The van der Waals surface area contributed by atoms with E-state index in [1.165, 1.54) is 6.33 Å². The van der Waals surface area contributed by atoms with Crippen molar-refractivity contribution < 1.29 is 4.92 Å². The second-order valence-electron chi connectivity index (χ2n) is 5.84. The normalized spacial score (nSPS) is 14.6. The van der Waals surface area contributed by atoms with Gasteiger partial charge in [0.05, 0.1) is 4.92 Å². The lowest BCUT2D eigenvalue weighted by molar-refractivity contribution is -0.383. The van der Waals surface area contributed by atoms with Gasteiger partial charge in [0, 0.05) is 16.8 Å². The van der Waals surface area contributed by atoms with Gasteiger partial charge in [0.25, 0.3) is 0 Å². The van der Waals surface area contributed by atoms with Gasteiger partial charge in [-0.05, 0) is 37.5 Å². The largest absolute Gasteiger partial charge is 0.361 e. The van der Waals surface area contributed by atoms with E-state index >= 15 is 0 Å². The van der Waals surface area contributed by atoms with Gasteiger partial charge >= 0.3 is 5.69 Å². The van der Waals surface area contributed by atoms with E-state index in [0.29, 0.717) is 10.7 Å². The molecule has 0 unspecified atom stereocenters. The van der Waals surface area contributed by atoms with Gasteiger partial charge in [0.1, 0.15) is 6.33 Å². The first-order valence-corrected chi connectivity index (χ1v) is 8.22. The van der Waals surface area contributed by atoms with Crippen molar-refractivity contribution in [1.29, 1.82) is 0 Å². The van der Waals surface area contributed by atoms with Crippen LogP contribution in [0.1, 0.15) is 31.2 Å². The molecule has 8 heteroatoms. The first-order chi connectivity index (χ1) is 11.6. The van der Waals surface area contributed by atoms with Crippen LogP contribution in [0.4, 0.5) is 23.0 Å². The lowest BCUT2D eigenvalue weighted by Gasteiger charge is -2.15. The third-order valence-corrected chi connectivity index (χ3v) is 4.63. The highest BCUT2D eigenvalue weighted by molar-refractivity contribution is 6.31. The Labute approximate surface area is 144 Å². The Balaban J connectivity index is 1.94. The van der Waals surface area contributed by atoms with Crippen molar-refractivity contribution in [2.45, 2.75) is 38.6 Å². The first-order valence-electron chi connectivity index (χ1n) is 7.84. The minimum absolute atomic E-state index is 0.149. The van der Waals surface area contributed by atoms with E-state index in [1.54, 1.807) is 18.2 Å². The van der Waals surface area contributed by atoms with E-state index < -0.39 is 4.92 Å². The van der Waals surface area contributed by atoms with Gasteiger partial charge in [-0.15, -0.1) is 0 Å². The standard InChI is InChI=1S/C16H18ClN5O2/c1-10-12(17)7-4-8-13(10)21-16-14(22(23)24)15(18-9-19-16)20-11-5-2-3-6-11/h4,7-9,11H,2-3,5-6H2,1H3,(H2,18,19,20,21). The number of aromatic nitrogens is 2. The van der Waals surface area contributed by atoms with Crippen molar-refractivity contribution in [2.75, 3.05) is 10.6 Å². The number of hydrogen-bond donors (Lipinski definition) is 2. The summed E-state index contributed by atoms with van der Waals surface area (Å²) in [5, 5.41) is 18.4. The fourth-order valence-corrected chi connectivity index (χ4v) is 3.06. The molecule has 1 aliphatic carbocycles. The Morgan fingerprint density at radius 1 is 1.25 bits per heavy atom. The highest BCUT2D eigenvalue weighted by Gasteiger charge is 2.26. The van der Waals surface area contributed by atoms with Crippen molar-refractivity contribution in [2.24, 2.45) is 0 Å². The summed E-state index contributed by atoms with van der Waals surface area (Å²) in [6.07, 6.45) is 5.58. The Morgan fingerprint density at radius 2 is 1.96 bits per heavy atom. The number of nitro groups is 1. The fraction of sp³-hybridized carbons (Fsp3) is 0.375. The topological polar surface area (TPSA) is 93.0 Å². The monoisotopic (exact) mass is 347 g/mol. The lowest BCUT2D eigenvalue weighted by atomic mass is 10.2. The predicted octanol–water partition coefficient (Wildman–Crippen LogP) is 4.44. The molecule has 7 nitrogen and oxygen atoms in total. The number of nitrogens with zero attached hydrogens (tertiary/aromatic N) is 3. The number of nitrogens with one attached hydrogen (secondary N) is 2. The van der Waals surface area contributed by atoms with E-state index in [4.69, 9.17) is 11.6 Å². The van der Waals surface area contributed by atoms with Crippen LogP contribution >= 0.6 is 11.6 Å². The number of halogens is 1. The summed E-state index contributed by atoms with van der Waals surface area (Å²) >= 11 is 6.11. The van der Waals surface area contributed by atoms with Crippen molar-refractivity contribution in [3.63, 3.8) is 0 Å². The van der Waals surface area contributed by atoms with E-state index in [2.05, 4.69) is 20.6 Å². The summed E-state index contributed by atoms with van der Waals surface area (Å²) in [6, 6.07) is 5.57. The van der Waals surface area contributed by atoms with Crippen LogP contribution in [-0.4, -0.2) is 20.9 Å². The summed E-state index contributed by atoms with van der Waals surface area (Å²) in [7, 11) is 0. The predicted molar refractivity (Wildman–Crippen MR) is 94.0 cm³/mol. The summed E-state index contributed by atoms with van der Waals surface area (Å²) < 4.78 is 0. The molecule has 1 aromatic carbocycles. The van der Waals surface area contributed by atoms with Gasteiger partial charge in [0.15, 0.2) is 0 Å². The third kappa shape index (κ3) is 3.41. The van der Waals surface area contributed by atoms with Crippen LogP contribution in [0.5, 0.6) is 0 Å². The molecule has 0 aliphatic heterocycles. The molecule has 1 fully saturated rings. The number of benzene rings is 1. The third-order valence-electron chi connectivity index (χ3n) is 4.22. The van der Waals surface area contributed by atoms with Crippen molar-refractivity contribution in [3.05, 3.63) is 45.2 Å². The van der Waals surface area contributed by atoms with Crippen LogP contribution in [0.2, 0.25) is 5.02 Å². The molecule has 1 saturated carbocycles. The Morgan fingerprint density at radius 3 is 2.67 bits per heavy atom. The number of anilines is 3. The highest BCUT2D eigenvalue weighted by Crippen LogP contribution is 2.34. The maximum atomic E-state index is 11.6. The molecule has 0 atom stereocenters. The second kappa shape index (κ2) is 7.00. The minimum atomic E-state index is -0.459. The molecule has 2 aromatic rings. The molecule has 0 spiro atoms. The SMILES string of the molecule is Cc1c(Cl)cccc1Nc1ncnc(NC2CCCC2)c1[N+](=O)[O-]. The Hall–Kier alpha value is -2.41. The highest BCUT2D eigenvalue weighted by atomic mass is 35.5. The molecule has 0 amide bonds. The molecule has 1 heterocycles. The summed E-state index contributed by atoms with van der Waals surface area (Å²) in [4.78, 5) is 19.2. The van der Waals surface area contributed by atoms with E-state index in [0.717, 1.165) is 31.2 Å². The van der Waals surface area contributed by atoms with Gasteiger partial charge in [-0.1, -0.05) is 30.5 Å². The van der Waals surface area contributed by atoms with Crippen molar-refractivity contribution >= 4 is 34.6 Å². The Bertz CT molecular complexity index is 762. The van der Waals surface area contributed by atoms with Crippen molar-refractivity contribution in [3.8, 4) is 0 Å². The van der Waals surface area contributed by atoms with Gasteiger partial charge in [-0.2, -0.15) is 0 Å². The average Bonchev–Trinajstić information content (AvgIpc) is 3.05. The Kier molecular flexibility index (Phi) is 4.80. The second-order valence-corrected chi connectivity index (χ2v) is 6.25. The zero-order valence-electron chi connectivity index (χ0n) is 13.3. The first kappa shape index (κ1) is 16.4. The number of rotatable bonds is 5. The van der Waals surface area contributed by atoms with E-state index in [1.807, 2.05) is 6.92 Å². The van der Waals surface area contributed by atoms with Gasteiger partial charge in [-0.3, -0.25) is 10.1 Å². The maximum absolute atomic E-state index is 11.6. The molecule has 0 bridgehead atoms. The van der Waals surface area contributed by atoms with Crippen LogP contribution < -0.4 is 10.6 Å². The van der Waals surface area contributed by atoms with Gasteiger partial charge in [0.2, 0.25) is 11.6 Å². The fourth-order valence-electron chi connectivity index (χ4n) is 2.88. The van der Waals surface area contributed by atoms with Crippen LogP contribution in [0, 0.1) is 17.0 Å². The molecule has 3 rings (SSSR count). The molecule has 24 heavy (non-hydrogen) atoms. The van der Waals surface area contributed by atoms with Gasteiger partial charge < -0.3 is 10.6 Å². The number of hydrogen-bond acceptors (Lipinski definition) is 6. The zero-order valence-corrected chi connectivity index (χ0v) is 14.0. The molecular formula is C16H18ClN5O2. The molecule has 2 N–H and O–H groups in total.